The molecule has 3 heterocycles. The van der Waals surface area contributed by atoms with E-state index in [-0.39, 0.29) is 23.0 Å². The molecule has 0 fully saturated rings. The molecule has 1 aliphatic rings. The number of alkyl halides is 3. The maximum Gasteiger partial charge on any atom is 0.410 e. The topological polar surface area (TPSA) is 90.5 Å². The summed E-state index contributed by atoms with van der Waals surface area (Å²) >= 11 is 6.30. The molecule has 2 N–H and O–H groups in total. The zero-order valence-electron chi connectivity index (χ0n) is 16.9. The molecule has 0 bridgehead atoms. The highest BCUT2D eigenvalue weighted by atomic mass is 35.5. The van der Waals surface area contributed by atoms with Gasteiger partial charge in [0.1, 0.15) is 16.6 Å². The van der Waals surface area contributed by atoms with Crippen molar-refractivity contribution in [2.24, 2.45) is 0 Å². The third kappa shape index (κ3) is 3.95. The van der Waals surface area contributed by atoms with Gasteiger partial charge < -0.3 is 24.5 Å². The molecule has 170 valence electrons. The summed E-state index contributed by atoms with van der Waals surface area (Å²) in [5, 5.41) is 9.13. The first kappa shape index (κ1) is 21.9. The largest absolute Gasteiger partial charge is 0.493 e. The number of carbonyl (C=O) groups is 1. The number of ether oxygens (including phenoxy) is 2. The van der Waals surface area contributed by atoms with Crippen LogP contribution in [0.3, 0.4) is 0 Å². The van der Waals surface area contributed by atoms with Crippen LogP contribution in [0.5, 0.6) is 11.5 Å². The normalized spacial score (nSPS) is 17.9. The second kappa shape index (κ2) is 8.30. The van der Waals surface area contributed by atoms with E-state index in [4.69, 9.17) is 25.5 Å². The fourth-order valence-corrected chi connectivity index (χ4v) is 3.78. The highest BCUT2D eigenvalue weighted by Crippen LogP contribution is 2.46. The monoisotopic (exact) mass is 470 g/mol. The van der Waals surface area contributed by atoms with Crippen LogP contribution in [-0.4, -0.2) is 36.1 Å². The maximum atomic E-state index is 13.8. The minimum atomic E-state index is -4.62. The van der Waals surface area contributed by atoms with E-state index in [1.807, 2.05) is 0 Å². The lowest BCUT2D eigenvalue weighted by molar-refractivity contribution is -0.174. The number of hydrogen-bond donors (Lipinski definition) is 2. The van der Waals surface area contributed by atoms with E-state index in [2.05, 4.69) is 15.7 Å². The summed E-state index contributed by atoms with van der Waals surface area (Å²) in [5.74, 6) is 0.238. The van der Waals surface area contributed by atoms with E-state index >= 15 is 0 Å². The standard InChI is InChI=1S/C20H18ClF3N4O4/c1-30-13-6-5-10(8-14(13)31-2)25-19(29)17-16(21)18-26-11(12-4-3-7-32-12)9-15(20(22,23)24)28(18)27-17/h3-8,11,15,26H,9H2,1-2H3,(H,25,29)/t11-,15-/m1/s1. The molecule has 1 aromatic carbocycles. The quantitative estimate of drug-likeness (QED) is 0.541. The lowest BCUT2D eigenvalue weighted by Gasteiger charge is -2.32. The van der Waals surface area contributed by atoms with Crippen LogP contribution in [0.1, 0.15) is 34.8 Å². The van der Waals surface area contributed by atoms with Gasteiger partial charge in [-0.3, -0.25) is 4.79 Å². The van der Waals surface area contributed by atoms with Crippen molar-refractivity contribution in [2.75, 3.05) is 24.9 Å². The molecule has 1 amide bonds. The highest BCUT2D eigenvalue weighted by molar-refractivity contribution is 6.36. The Kier molecular flexibility index (Phi) is 5.68. The number of fused-ring (bicyclic) bond motifs is 1. The van der Waals surface area contributed by atoms with Crippen LogP contribution in [0.2, 0.25) is 5.02 Å². The van der Waals surface area contributed by atoms with E-state index in [1.54, 1.807) is 24.3 Å². The van der Waals surface area contributed by atoms with Crippen molar-refractivity contribution in [3.63, 3.8) is 0 Å². The Hall–Kier alpha value is -3.34. The number of methoxy groups -OCH3 is 2. The molecule has 2 atom stereocenters. The van der Waals surface area contributed by atoms with Gasteiger partial charge in [0.15, 0.2) is 23.2 Å². The Morgan fingerprint density at radius 3 is 2.66 bits per heavy atom. The minimum absolute atomic E-state index is 0.112. The van der Waals surface area contributed by atoms with Crippen LogP contribution in [0, 0.1) is 0 Å². The minimum Gasteiger partial charge on any atom is -0.493 e. The predicted octanol–water partition coefficient (Wildman–Crippen LogP) is 5.06. The van der Waals surface area contributed by atoms with Gasteiger partial charge in [-0.1, -0.05) is 11.6 Å². The summed E-state index contributed by atoms with van der Waals surface area (Å²) < 4.78 is 57.7. The Labute approximate surface area is 185 Å². The number of benzene rings is 1. The number of aromatic nitrogens is 2. The molecule has 4 rings (SSSR count). The molecule has 0 radical (unpaired) electrons. The molecule has 0 aliphatic carbocycles. The van der Waals surface area contributed by atoms with Gasteiger partial charge in [0.05, 0.1) is 26.5 Å². The van der Waals surface area contributed by atoms with Crippen molar-refractivity contribution < 1.29 is 31.9 Å². The summed E-state index contributed by atoms with van der Waals surface area (Å²) in [4.78, 5) is 12.8. The van der Waals surface area contributed by atoms with E-state index in [0.29, 0.717) is 27.6 Å². The van der Waals surface area contributed by atoms with Crippen LogP contribution in [0.25, 0.3) is 0 Å². The Bertz CT molecular complexity index is 1130. The van der Waals surface area contributed by atoms with E-state index in [0.717, 1.165) is 0 Å². The summed E-state index contributed by atoms with van der Waals surface area (Å²) in [6.07, 6.45) is -3.62. The number of furan rings is 1. The zero-order valence-corrected chi connectivity index (χ0v) is 17.6. The Morgan fingerprint density at radius 2 is 2.03 bits per heavy atom. The molecular formula is C20H18ClF3N4O4. The summed E-state index contributed by atoms with van der Waals surface area (Å²) in [7, 11) is 2.90. The number of hydrogen-bond acceptors (Lipinski definition) is 6. The van der Waals surface area contributed by atoms with Crippen LogP contribution in [-0.2, 0) is 0 Å². The molecule has 0 saturated heterocycles. The number of rotatable bonds is 5. The second-order valence-corrected chi connectivity index (χ2v) is 7.36. The van der Waals surface area contributed by atoms with Gasteiger partial charge in [-0.2, -0.15) is 18.3 Å². The molecule has 8 nitrogen and oxygen atoms in total. The summed E-state index contributed by atoms with van der Waals surface area (Å²) in [6.45, 7) is 0. The SMILES string of the molecule is COc1ccc(NC(=O)c2nn3c(c2Cl)N[C@@H](c2ccco2)C[C@@H]3C(F)(F)F)cc1OC. The number of nitrogens with one attached hydrogen (secondary N) is 2. The van der Waals surface area contributed by atoms with Crippen molar-refractivity contribution in [3.05, 3.63) is 53.1 Å². The molecule has 3 aromatic rings. The van der Waals surface area contributed by atoms with Crippen molar-refractivity contribution in [3.8, 4) is 11.5 Å². The van der Waals surface area contributed by atoms with Crippen molar-refractivity contribution in [2.45, 2.75) is 24.7 Å². The molecule has 1 aliphatic heterocycles. The van der Waals surface area contributed by atoms with E-state index < -0.39 is 24.2 Å². The van der Waals surface area contributed by atoms with Gasteiger partial charge in [-0.25, -0.2) is 4.68 Å². The van der Waals surface area contributed by atoms with E-state index in [9.17, 15) is 18.0 Å². The Balaban J connectivity index is 1.67. The predicted molar refractivity (Wildman–Crippen MR) is 110 cm³/mol. The third-order valence-electron chi connectivity index (χ3n) is 5.04. The van der Waals surface area contributed by atoms with Gasteiger partial charge in [0, 0.05) is 18.2 Å². The molecule has 0 spiro atoms. The Morgan fingerprint density at radius 1 is 1.28 bits per heavy atom. The zero-order chi connectivity index (χ0) is 23.0. The van der Waals surface area contributed by atoms with Crippen LogP contribution >= 0.6 is 11.6 Å². The first-order chi connectivity index (χ1) is 15.2. The van der Waals surface area contributed by atoms with Gasteiger partial charge in [0.25, 0.3) is 5.91 Å². The average molecular weight is 471 g/mol. The summed E-state index contributed by atoms with van der Waals surface area (Å²) in [6, 6.07) is 4.99. The number of halogens is 4. The lowest BCUT2D eigenvalue weighted by atomic mass is 10.0. The number of amides is 1. The fourth-order valence-electron chi connectivity index (χ4n) is 3.51. The van der Waals surface area contributed by atoms with Crippen molar-refractivity contribution in [1.29, 1.82) is 0 Å². The fraction of sp³-hybridized carbons (Fsp3) is 0.300. The molecule has 0 unspecified atom stereocenters. The average Bonchev–Trinajstić information content (AvgIpc) is 3.41. The number of nitrogens with zero attached hydrogens (tertiary/aromatic N) is 2. The van der Waals surface area contributed by atoms with Gasteiger partial charge in [-0.15, -0.1) is 0 Å². The molecule has 0 saturated carbocycles. The number of anilines is 2. The van der Waals surface area contributed by atoms with Gasteiger partial charge in [0.2, 0.25) is 0 Å². The summed E-state index contributed by atoms with van der Waals surface area (Å²) in [5.41, 5.74) is -0.0261. The smallest absolute Gasteiger partial charge is 0.410 e. The number of carbonyl (C=O) groups excluding carboxylic acids is 1. The highest BCUT2D eigenvalue weighted by Gasteiger charge is 2.48. The van der Waals surface area contributed by atoms with Crippen LogP contribution in [0.4, 0.5) is 24.7 Å². The second-order valence-electron chi connectivity index (χ2n) is 6.99. The third-order valence-corrected chi connectivity index (χ3v) is 5.40. The molecule has 2 aromatic heterocycles. The van der Waals surface area contributed by atoms with Crippen molar-refractivity contribution >= 4 is 29.0 Å². The van der Waals surface area contributed by atoms with E-state index in [1.165, 1.54) is 26.5 Å². The lowest BCUT2D eigenvalue weighted by Crippen LogP contribution is -2.35. The van der Waals surface area contributed by atoms with Crippen molar-refractivity contribution in [1.82, 2.24) is 9.78 Å². The van der Waals surface area contributed by atoms with Gasteiger partial charge in [-0.05, 0) is 24.3 Å². The first-order valence-electron chi connectivity index (χ1n) is 9.41. The first-order valence-corrected chi connectivity index (χ1v) is 9.78. The maximum absolute atomic E-state index is 13.8. The molecule has 12 heteroatoms. The molecule has 32 heavy (non-hydrogen) atoms. The van der Waals surface area contributed by atoms with Gasteiger partial charge >= 0.3 is 6.18 Å². The van der Waals surface area contributed by atoms with Crippen LogP contribution < -0.4 is 20.1 Å². The molecular weight excluding hydrogens is 453 g/mol. The van der Waals surface area contributed by atoms with Crippen LogP contribution in [0.15, 0.2) is 41.0 Å².